The molecule has 1 aliphatic heterocycles. The molecule has 1 aliphatic rings. The number of anilines is 1. The number of hydrogen-bond acceptors (Lipinski definition) is 5. The van der Waals surface area contributed by atoms with Gasteiger partial charge in [-0.15, -0.1) is 0 Å². The highest BCUT2D eigenvalue weighted by Gasteiger charge is 2.38. The molecule has 0 aliphatic carbocycles. The highest BCUT2D eigenvalue weighted by atomic mass is 16.5. The van der Waals surface area contributed by atoms with E-state index in [4.69, 9.17) is 14.5 Å². The molecule has 1 amide bonds. The quantitative estimate of drug-likeness (QED) is 0.734. The van der Waals surface area contributed by atoms with Gasteiger partial charge in [0.25, 0.3) is 0 Å². The molecular formula is C21H24N4O3. The van der Waals surface area contributed by atoms with Crippen LogP contribution >= 0.6 is 0 Å². The maximum atomic E-state index is 11.7. The van der Waals surface area contributed by atoms with Crippen molar-refractivity contribution in [2.75, 3.05) is 25.6 Å². The average Bonchev–Trinajstić information content (AvgIpc) is 3.35. The van der Waals surface area contributed by atoms with Crippen molar-refractivity contribution in [3.8, 4) is 5.82 Å². The summed E-state index contributed by atoms with van der Waals surface area (Å²) in [5.74, 6) is 1.27. The minimum atomic E-state index is -0.508. The van der Waals surface area contributed by atoms with Gasteiger partial charge in [-0.3, -0.25) is 4.79 Å². The molecule has 1 N–H and O–H groups in total. The number of aryl methyl sites for hydroxylation is 1. The number of nitrogens with zero attached hydrogens (tertiary/aromatic N) is 3. The van der Waals surface area contributed by atoms with Crippen LogP contribution in [0.1, 0.15) is 31.0 Å². The van der Waals surface area contributed by atoms with Crippen LogP contribution in [0.4, 0.5) is 5.82 Å². The summed E-state index contributed by atoms with van der Waals surface area (Å²) < 4.78 is 13.4. The Morgan fingerprint density at radius 1 is 1.39 bits per heavy atom. The van der Waals surface area contributed by atoms with Gasteiger partial charge in [0.1, 0.15) is 17.2 Å². The number of hydrogen-bond donors (Lipinski definition) is 1. The van der Waals surface area contributed by atoms with E-state index in [2.05, 4.69) is 16.4 Å². The molecule has 1 atom stereocenters. The largest absolute Gasteiger partial charge is 0.378 e. The van der Waals surface area contributed by atoms with Gasteiger partial charge in [-0.1, -0.05) is 6.92 Å². The van der Waals surface area contributed by atoms with E-state index in [-0.39, 0.29) is 5.91 Å². The lowest BCUT2D eigenvalue weighted by atomic mass is 9.97. The van der Waals surface area contributed by atoms with Crippen molar-refractivity contribution < 1.29 is 14.3 Å². The fourth-order valence-electron chi connectivity index (χ4n) is 3.55. The lowest BCUT2D eigenvalue weighted by Gasteiger charge is -2.26. The Balaban J connectivity index is 1.79. The first-order chi connectivity index (χ1) is 13.5. The standard InChI is InChI=1S/C21H24N4O3/c1-4-20(26)24-18-11-16-15(12-22-18)5-7-25(16)19-10-14(2)9-17(23-19)21(27-3)6-8-28-13-21/h5,7,9-12H,4,6,8,13H2,1-3H3,(H,22,24,26)/t21-/m0/s1. The monoisotopic (exact) mass is 380 g/mol. The van der Waals surface area contributed by atoms with E-state index < -0.39 is 5.60 Å². The predicted molar refractivity (Wildman–Crippen MR) is 107 cm³/mol. The van der Waals surface area contributed by atoms with E-state index in [1.54, 1.807) is 13.3 Å². The Kier molecular flexibility index (Phi) is 4.87. The van der Waals surface area contributed by atoms with E-state index in [1.165, 1.54) is 0 Å². The van der Waals surface area contributed by atoms with E-state index in [9.17, 15) is 4.79 Å². The Morgan fingerprint density at radius 2 is 2.25 bits per heavy atom. The molecule has 3 aromatic rings. The number of fused-ring (bicyclic) bond motifs is 1. The zero-order chi connectivity index (χ0) is 19.7. The second kappa shape index (κ2) is 7.33. The van der Waals surface area contributed by atoms with Crippen LogP contribution < -0.4 is 5.32 Å². The third kappa shape index (κ3) is 3.27. The molecule has 0 radical (unpaired) electrons. The lowest BCUT2D eigenvalue weighted by molar-refractivity contribution is -0.115. The van der Waals surface area contributed by atoms with E-state index in [1.807, 2.05) is 42.8 Å². The minimum Gasteiger partial charge on any atom is -0.378 e. The van der Waals surface area contributed by atoms with Crippen LogP contribution in [-0.4, -0.2) is 40.8 Å². The zero-order valence-electron chi connectivity index (χ0n) is 16.4. The number of rotatable bonds is 5. The van der Waals surface area contributed by atoms with E-state index in [0.29, 0.717) is 25.5 Å². The fraction of sp³-hybridized carbons (Fsp3) is 0.381. The van der Waals surface area contributed by atoms with Crippen molar-refractivity contribution in [3.63, 3.8) is 0 Å². The zero-order valence-corrected chi connectivity index (χ0v) is 16.4. The topological polar surface area (TPSA) is 78.3 Å². The normalized spacial score (nSPS) is 19.2. The van der Waals surface area contributed by atoms with Gasteiger partial charge in [0, 0.05) is 50.4 Å². The van der Waals surface area contributed by atoms with Crippen LogP contribution in [0, 0.1) is 6.92 Å². The molecule has 0 aromatic carbocycles. The van der Waals surface area contributed by atoms with Gasteiger partial charge < -0.3 is 19.4 Å². The number of nitrogens with one attached hydrogen (secondary N) is 1. The number of pyridine rings is 2. The molecule has 7 heteroatoms. The summed E-state index contributed by atoms with van der Waals surface area (Å²) in [5.41, 5.74) is 2.39. The van der Waals surface area contributed by atoms with Crippen molar-refractivity contribution in [3.05, 3.63) is 47.9 Å². The van der Waals surface area contributed by atoms with Crippen LogP contribution in [0.3, 0.4) is 0 Å². The number of methoxy groups -OCH3 is 1. The molecule has 0 saturated carbocycles. The van der Waals surface area contributed by atoms with Gasteiger partial charge in [-0.25, -0.2) is 9.97 Å². The molecule has 3 aromatic heterocycles. The smallest absolute Gasteiger partial charge is 0.225 e. The molecule has 1 fully saturated rings. The molecule has 4 rings (SSSR count). The van der Waals surface area contributed by atoms with E-state index >= 15 is 0 Å². The number of carbonyl (C=O) groups excluding carboxylic acids is 1. The van der Waals surface area contributed by atoms with Crippen LogP contribution in [0.5, 0.6) is 0 Å². The van der Waals surface area contributed by atoms with Gasteiger partial charge in [0.2, 0.25) is 5.91 Å². The summed E-state index contributed by atoms with van der Waals surface area (Å²) in [6.45, 7) is 5.03. The third-order valence-corrected chi connectivity index (χ3v) is 5.21. The maximum Gasteiger partial charge on any atom is 0.225 e. The van der Waals surface area contributed by atoms with Gasteiger partial charge in [-0.05, 0) is 30.7 Å². The molecule has 0 spiro atoms. The van der Waals surface area contributed by atoms with Crippen LogP contribution in [-0.2, 0) is 19.9 Å². The summed E-state index contributed by atoms with van der Waals surface area (Å²) in [5, 5.41) is 3.79. The first kappa shape index (κ1) is 18.6. The summed E-state index contributed by atoms with van der Waals surface area (Å²) in [6.07, 6.45) is 4.91. The first-order valence-corrected chi connectivity index (χ1v) is 9.44. The number of amides is 1. The summed E-state index contributed by atoms with van der Waals surface area (Å²) in [4.78, 5) is 20.9. The van der Waals surface area contributed by atoms with Crippen molar-refractivity contribution in [2.45, 2.75) is 32.3 Å². The summed E-state index contributed by atoms with van der Waals surface area (Å²) in [6, 6.07) is 7.95. The molecule has 0 bridgehead atoms. The van der Waals surface area contributed by atoms with Crippen molar-refractivity contribution >= 4 is 22.6 Å². The van der Waals surface area contributed by atoms with E-state index in [0.717, 1.165) is 34.4 Å². The summed E-state index contributed by atoms with van der Waals surface area (Å²) >= 11 is 0. The van der Waals surface area contributed by atoms with Gasteiger partial charge in [0.15, 0.2) is 0 Å². The number of carbonyl (C=O) groups is 1. The Morgan fingerprint density at radius 3 is 2.96 bits per heavy atom. The molecular weight excluding hydrogens is 356 g/mol. The van der Waals surface area contributed by atoms with Gasteiger partial charge in [0.05, 0.1) is 17.8 Å². The highest BCUT2D eigenvalue weighted by molar-refractivity contribution is 5.92. The van der Waals surface area contributed by atoms with Crippen LogP contribution in [0.15, 0.2) is 36.7 Å². The summed E-state index contributed by atoms with van der Waals surface area (Å²) in [7, 11) is 1.71. The van der Waals surface area contributed by atoms with Gasteiger partial charge >= 0.3 is 0 Å². The molecule has 4 heterocycles. The highest BCUT2D eigenvalue weighted by Crippen LogP contribution is 2.34. The third-order valence-electron chi connectivity index (χ3n) is 5.21. The molecule has 7 nitrogen and oxygen atoms in total. The first-order valence-electron chi connectivity index (χ1n) is 9.44. The fourth-order valence-corrected chi connectivity index (χ4v) is 3.55. The minimum absolute atomic E-state index is 0.0656. The number of ether oxygens (including phenoxy) is 2. The molecule has 146 valence electrons. The van der Waals surface area contributed by atoms with Crippen molar-refractivity contribution in [1.29, 1.82) is 0 Å². The molecule has 0 unspecified atom stereocenters. The van der Waals surface area contributed by atoms with Crippen molar-refractivity contribution in [2.24, 2.45) is 0 Å². The Labute approximate surface area is 163 Å². The second-order valence-electron chi connectivity index (χ2n) is 7.10. The van der Waals surface area contributed by atoms with Crippen LogP contribution in [0.2, 0.25) is 0 Å². The Hall–Kier alpha value is -2.77. The maximum absolute atomic E-state index is 11.7. The second-order valence-corrected chi connectivity index (χ2v) is 7.10. The van der Waals surface area contributed by atoms with Crippen molar-refractivity contribution in [1.82, 2.24) is 14.5 Å². The molecule has 1 saturated heterocycles. The predicted octanol–water partition coefficient (Wildman–Crippen LogP) is 3.34. The number of aromatic nitrogens is 3. The lowest BCUT2D eigenvalue weighted by Crippen LogP contribution is -2.30. The van der Waals surface area contributed by atoms with Crippen LogP contribution in [0.25, 0.3) is 16.7 Å². The Bertz CT molecular complexity index is 1020. The van der Waals surface area contributed by atoms with Gasteiger partial charge in [-0.2, -0.15) is 0 Å². The SMILES string of the molecule is CCC(=O)Nc1cc2c(ccn2-c2cc(C)cc([C@]3(OC)CCOC3)n2)cn1. The average molecular weight is 380 g/mol. The molecule has 28 heavy (non-hydrogen) atoms.